The van der Waals surface area contributed by atoms with Gasteiger partial charge in [-0.05, 0) is 53.9 Å². The number of hydrogen-bond acceptors (Lipinski definition) is 4. The maximum atomic E-state index is 12.1. The minimum absolute atomic E-state index is 0.147. The molecule has 0 saturated heterocycles. The summed E-state index contributed by atoms with van der Waals surface area (Å²) in [6, 6.07) is 24.1. The lowest BCUT2D eigenvalue weighted by atomic mass is 10.0. The maximum Gasteiger partial charge on any atom is 0.349 e. The summed E-state index contributed by atoms with van der Waals surface area (Å²) in [7, 11) is 0. The van der Waals surface area contributed by atoms with Crippen molar-refractivity contribution >= 4 is 5.97 Å². The largest absolute Gasteiger partial charge is 0.482 e. The summed E-state index contributed by atoms with van der Waals surface area (Å²) in [6.07, 6.45) is 0. The zero-order chi connectivity index (χ0) is 19.1. The second kappa shape index (κ2) is 8.90. The molecule has 138 valence electrons. The van der Waals surface area contributed by atoms with Gasteiger partial charge in [0.15, 0.2) is 6.61 Å². The first-order valence-corrected chi connectivity index (χ1v) is 8.87. The Balaban J connectivity index is 1.54. The molecule has 4 nitrogen and oxygen atoms in total. The summed E-state index contributed by atoms with van der Waals surface area (Å²) >= 11 is 0. The lowest BCUT2D eigenvalue weighted by Gasteiger charge is -2.13. The van der Waals surface area contributed by atoms with Crippen molar-refractivity contribution in [3.63, 3.8) is 0 Å². The van der Waals surface area contributed by atoms with E-state index in [4.69, 9.17) is 14.2 Å². The molecule has 0 aromatic heterocycles. The van der Waals surface area contributed by atoms with Crippen LogP contribution in [0.5, 0.6) is 23.0 Å². The van der Waals surface area contributed by atoms with Crippen LogP contribution in [-0.4, -0.2) is 12.6 Å². The third kappa shape index (κ3) is 5.35. The van der Waals surface area contributed by atoms with E-state index < -0.39 is 5.97 Å². The van der Waals surface area contributed by atoms with Gasteiger partial charge in [0, 0.05) is 0 Å². The molecule has 3 rings (SSSR count). The Hall–Kier alpha value is -3.27. The molecule has 0 saturated carbocycles. The van der Waals surface area contributed by atoms with Crippen LogP contribution in [0.15, 0.2) is 78.9 Å². The van der Waals surface area contributed by atoms with E-state index in [1.807, 2.05) is 54.6 Å². The molecule has 0 heterocycles. The molecule has 3 aromatic rings. The van der Waals surface area contributed by atoms with E-state index in [0.29, 0.717) is 23.2 Å². The van der Waals surface area contributed by atoms with E-state index in [0.717, 1.165) is 11.3 Å². The minimum atomic E-state index is -0.453. The summed E-state index contributed by atoms with van der Waals surface area (Å²) < 4.78 is 16.7. The fourth-order valence-corrected chi connectivity index (χ4v) is 2.59. The predicted molar refractivity (Wildman–Crippen MR) is 105 cm³/mol. The van der Waals surface area contributed by atoms with Crippen LogP contribution in [0, 0.1) is 0 Å². The van der Waals surface area contributed by atoms with Crippen molar-refractivity contribution in [1.29, 1.82) is 0 Å². The molecule has 0 amide bonds. The van der Waals surface area contributed by atoms with Gasteiger partial charge < -0.3 is 14.2 Å². The molecule has 0 aliphatic rings. The molecule has 0 N–H and O–H groups in total. The molecule has 27 heavy (non-hydrogen) atoms. The first-order chi connectivity index (χ1) is 13.1. The van der Waals surface area contributed by atoms with Crippen LogP contribution in [-0.2, 0) is 4.79 Å². The molecule has 3 aromatic carbocycles. The van der Waals surface area contributed by atoms with Crippen LogP contribution in [0.4, 0.5) is 0 Å². The van der Waals surface area contributed by atoms with Crippen LogP contribution in [0.3, 0.4) is 0 Å². The lowest BCUT2D eigenvalue weighted by molar-refractivity contribution is -0.136. The van der Waals surface area contributed by atoms with Gasteiger partial charge in [0.25, 0.3) is 0 Å². The maximum absolute atomic E-state index is 12.1. The van der Waals surface area contributed by atoms with Crippen molar-refractivity contribution in [2.75, 3.05) is 6.61 Å². The number of para-hydroxylation sites is 2. The van der Waals surface area contributed by atoms with Crippen molar-refractivity contribution in [1.82, 2.24) is 0 Å². The van der Waals surface area contributed by atoms with Crippen LogP contribution in [0.2, 0.25) is 0 Å². The number of benzene rings is 3. The number of esters is 1. The number of hydrogen-bond donors (Lipinski definition) is 0. The molecule has 0 unspecified atom stereocenters. The summed E-state index contributed by atoms with van der Waals surface area (Å²) in [5.74, 6) is 2.43. The number of rotatable bonds is 7. The van der Waals surface area contributed by atoms with Gasteiger partial charge >= 0.3 is 5.97 Å². The van der Waals surface area contributed by atoms with Crippen molar-refractivity contribution in [2.24, 2.45) is 0 Å². The van der Waals surface area contributed by atoms with Crippen molar-refractivity contribution in [3.05, 3.63) is 84.4 Å². The molecule has 0 fully saturated rings. The third-order valence-electron chi connectivity index (χ3n) is 3.92. The summed E-state index contributed by atoms with van der Waals surface area (Å²) in [4.78, 5) is 12.1. The topological polar surface area (TPSA) is 44.8 Å². The monoisotopic (exact) mass is 362 g/mol. The molecule has 4 heteroatoms. The van der Waals surface area contributed by atoms with Gasteiger partial charge in [-0.2, -0.15) is 0 Å². The van der Waals surface area contributed by atoms with Gasteiger partial charge in [0.1, 0.15) is 23.0 Å². The van der Waals surface area contributed by atoms with Crippen molar-refractivity contribution in [2.45, 2.75) is 19.8 Å². The first-order valence-electron chi connectivity index (χ1n) is 8.87. The van der Waals surface area contributed by atoms with Gasteiger partial charge in [0.2, 0.25) is 0 Å². The second-order valence-corrected chi connectivity index (χ2v) is 6.34. The summed E-state index contributed by atoms with van der Waals surface area (Å²) in [5.41, 5.74) is 1.06. The normalized spacial score (nSPS) is 10.5. The highest BCUT2D eigenvalue weighted by atomic mass is 16.6. The van der Waals surface area contributed by atoms with E-state index in [9.17, 15) is 4.79 Å². The zero-order valence-corrected chi connectivity index (χ0v) is 15.4. The standard InChI is InChI=1S/C23H22O4/c1-17(2)21-10-6-7-11-22(21)25-16-23(24)27-20-14-12-19(13-15-20)26-18-8-4-3-5-9-18/h3-15,17H,16H2,1-2H3. The molecular weight excluding hydrogens is 340 g/mol. The van der Waals surface area contributed by atoms with Crippen LogP contribution >= 0.6 is 0 Å². The van der Waals surface area contributed by atoms with Crippen LogP contribution in [0.25, 0.3) is 0 Å². The van der Waals surface area contributed by atoms with Gasteiger partial charge in [-0.3, -0.25) is 0 Å². The van der Waals surface area contributed by atoms with Gasteiger partial charge in [0.05, 0.1) is 0 Å². The molecular formula is C23H22O4. The highest BCUT2D eigenvalue weighted by Crippen LogP contribution is 2.26. The van der Waals surface area contributed by atoms with Gasteiger partial charge in [-0.1, -0.05) is 50.2 Å². The van der Waals surface area contributed by atoms with Gasteiger partial charge in [-0.25, -0.2) is 4.79 Å². The van der Waals surface area contributed by atoms with E-state index in [1.165, 1.54) is 0 Å². The molecule has 0 spiro atoms. The predicted octanol–water partition coefficient (Wildman–Crippen LogP) is 5.59. The first kappa shape index (κ1) is 18.5. The molecule has 0 aliphatic carbocycles. The van der Waals surface area contributed by atoms with Crippen molar-refractivity contribution < 1.29 is 19.0 Å². The number of ether oxygens (including phenoxy) is 3. The fourth-order valence-electron chi connectivity index (χ4n) is 2.59. The molecule has 0 bridgehead atoms. The quantitative estimate of drug-likeness (QED) is 0.406. The van der Waals surface area contributed by atoms with Crippen molar-refractivity contribution in [3.8, 4) is 23.0 Å². The van der Waals surface area contributed by atoms with Gasteiger partial charge in [-0.15, -0.1) is 0 Å². The SMILES string of the molecule is CC(C)c1ccccc1OCC(=O)Oc1ccc(Oc2ccccc2)cc1. The third-order valence-corrected chi connectivity index (χ3v) is 3.92. The Morgan fingerprint density at radius 3 is 2.07 bits per heavy atom. The summed E-state index contributed by atoms with van der Waals surface area (Å²) in [6.45, 7) is 4.02. The van der Waals surface area contributed by atoms with E-state index in [-0.39, 0.29) is 6.61 Å². The highest BCUT2D eigenvalue weighted by molar-refractivity contribution is 5.74. The van der Waals surface area contributed by atoms with E-state index in [1.54, 1.807) is 24.3 Å². The number of carbonyl (C=O) groups excluding carboxylic acids is 1. The Morgan fingerprint density at radius 1 is 0.778 bits per heavy atom. The smallest absolute Gasteiger partial charge is 0.349 e. The Bertz CT molecular complexity index is 870. The second-order valence-electron chi connectivity index (χ2n) is 6.34. The summed E-state index contributed by atoms with van der Waals surface area (Å²) in [5, 5.41) is 0. The lowest BCUT2D eigenvalue weighted by Crippen LogP contribution is -2.18. The molecule has 0 atom stereocenters. The van der Waals surface area contributed by atoms with Crippen LogP contribution in [0.1, 0.15) is 25.3 Å². The average Bonchev–Trinajstić information content (AvgIpc) is 2.69. The Labute approximate surface area is 159 Å². The van der Waals surface area contributed by atoms with Crippen LogP contribution < -0.4 is 14.2 Å². The fraction of sp³-hybridized carbons (Fsp3) is 0.174. The molecule has 0 radical (unpaired) electrons. The zero-order valence-electron chi connectivity index (χ0n) is 15.4. The average molecular weight is 362 g/mol. The minimum Gasteiger partial charge on any atom is -0.482 e. The highest BCUT2D eigenvalue weighted by Gasteiger charge is 2.11. The number of carbonyl (C=O) groups is 1. The molecule has 0 aliphatic heterocycles. The Morgan fingerprint density at radius 2 is 1.37 bits per heavy atom. The van der Waals surface area contributed by atoms with E-state index in [2.05, 4.69) is 13.8 Å². The van der Waals surface area contributed by atoms with E-state index >= 15 is 0 Å². The Kier molecular flexibility index (Phi) is 6.10.